The Morgan fingerprint density at radius 3 is 2.65 bits per heavy atom. The van der Waals surface area contributed by atoms with E-state index in [2.05, 4.69) is 46.5 Å². The number of benzene rings is 3. The summed E-state index contributed by atoms with van der Waals surface area (Å²) in [6.07, 6.45) is 9.49. The number of halogens is 2. The number of hydrogen-bond donors (Lipinski definition) is 0. The van der Waals surface area contributed by atoms with E-state index in [9.17, 15) is 9.18 Å². The van der Waals surface area contributed by atoms with Gasteiger partial charge in [0.1, 0.15) is 5.82 Å². The summed E-state index contributed by atoms with van der Waals surface area (Å²) >= 11 is 5.07. The summed E-state index contributed by atoms with van der Waals surface area (Å²) in [6, 6.07) is 19.3. The van der Waals surface area contributed by atoms with Gasteiger partial charge in [-0.05, 0) is 86.0 Å². The topological polar surface area (TPSA) is 37.6 Å². The minimum atomic E-state index is -0.224. The zero-order valence-corrected chi connectivity index (χ0v) is 25.1. The fraction of sp³-hybridized carbons (Fsp3) is 0.273. The van der Waals surface area contributed by atoms with E-state index in [-0.39, 0.29) is 17.8 Å². The molecule has 4 nitrogen and oxygen atoms in total. The Bertz CT molecular complexity index is 1670. The maximum Gasteiger partial charge on any atom is 0.267 e. The molecule has 0 N–H and O–H groups in total. The molecule has 0 spiro atoms. The highest BCUT2D eigenvalue weighted by Gasteiger charge is 2.39. The summed E-state index contributed by atoms with van der Waals surface area (Å²) in [5.74, 6) is -0.204. The van der Waals surface area contributed by atoms with Crippen molar-refractivity contribution in [2.24, 2.45) is 4.99 Å². The first-order valence-electron chi connectivity index (χ1n) is 13.8. The van der Waals surface area contributed by atoms with Crippen molar-refractivity contribution in [2.45, 2.75) is 58.5 Å². The SMILES string of the molecule is Cc1cccc(N=C2SC(=Cc3cn(Cc4ccccc4F)c4ccc(Br)cc34)C(=O)N2C2CCCCC2)c1C. The molecule has 0 radical (unpaired) electrons. The van der Waals surface area contributed by atoms with Crippen molar-refractivity contribution in [2.75, 3.05) is 0 Å². The van der Waals surface area contributed by atoms with Crippen molar-refractivity contribution >= 4 is 61.4 Å². The van der Waals surface area contributed by atoms with Crippen molar-refractivity contribution in [3.05, 3.63) is 104 Å². The number of carbonyl (C=O) groups excluding carboxylic acids is 1. The summed E-state index contributed by atoms with van der Waals surface area (Å²) < 4.78 is 17.5. The Hall–Kier alpha value is -3.16. The first-order chi connectivity index (χ1) is 19.4. The molecule has 3 aromatic carbocycles. The van der Waals surface area contributed by atoms with E-state index >= 15 is 0 Å². The highest BCUT2D eigenvalue weighted by atomic mass is 79.9. The first kappa shape index (κ1) is 27.0. The predicted octanol–water partition coefficient (Wildman–Crippen LogP) is 9.14. The molecule has 1 aliphatic carbocycles. The summed E-state index contributed by atoms with van der Waals surface area (Å²) in [4.78, 5) is 21.7. The average molecular weight is 617 g/mol. The van der Waals surface area contributed by atoms with Crippen molar-refractivity contribution in [1.29, 1.82) is 0 Å². The fourth-order valence-corrected chi connectivity index (χ4v) is 7.08. The van der Waals surface area contributed by atoms with E-state index in [0.717, 1.165) is 63.0 Å². The number of carbonyl (C=O) groups is 1. The summed E-state index contributed by atoms with van der Waals surface area (Å²) in [7, 11) is 0. The molecule has 4 aromatic rings. The molecule has 1 saturated heterocycles. The summed E-state index contributed by atoms with van der Waals surface area (Å²) in [5.41, 5.74) is 5.76. The summed E-state index contributed by atoms with van der Waals surface area (Å²) in [6.45, 7) is 4.58. The van der Waals surface area contributed by atoms with Crippen molar-refractivity contribution in [3.63, 3.8) is 0 Å². The van der Waals surface area contributed by atoms with Gasteiger partial charge in [-0.15, -0.1) is 0 Å². The van der Waals surface area contributed by atoms with E-state index < -0.39 is 0 Å². The molecule has 1 aromatic heterocycles. The molecule has 1 amide bonds. The van der Waals surface area contributed by atoms with Crippen LogP contribution in [0.25, 0.3) is 17.0 Å². The van der Waals surface area contributed by atoms with Crippen LogP contribution in [0.4, 0.5) is 10.1 Å². The molecule has 204 valence electrons. The van der Waals surface area contributed by atoms with Crippen LogP contribution in [0.2, 0.25) is 0 Å². The third kappa shape index (κ3) is 5.29. The number of amidine groups is 1. The molecule has 0 bridgehead atoms. The highest BCUT2D eigenvalue weighted by molar-refractivity contribution is 9.10. The number of hydrogen-bond acceptors (Lipinski definition) is 3. The number of aromatic nitrogens is 1. The van der Waals surface area contributed by atoms with E-state index in [1.807, 2.05) is 53.6 Å². The van der Waals surface area contributed by atoms with Crippen LogP contribution in [0.3, 0.4) is 0 Å². The molecule has 1 saturated carbocycles. The van der Waals surface area contributed by atoms with E-state index in [4.69, 9.17) is 4.99 Å². The molecule has 2 aliphatic rings. The quantitative estimate of drug-likeness (QED) is 0.210. The molecule has 2 fully saturated rings. The molecular formula is C33H31BrFN3OS. The van der Waals surface area contributed by atoms with Gasteiger partial charge in [0, 0.05) is 38.7 Å². The number of fused-ring (bicyclic) bond motifs is 1. The molecular weight excluding hydrogens is 585 g/mol. The van der Waals surface area contributed by atoms with E-state index in [1.54, 1.807) is 6.07 Å². The lowest BCUT2D eigenvalue weighted by molar-refractivity contribution is -0.124. The van der Waals surface area contributed by atoms with Gasteiger partial charge in [0.25, 0.3) is 5.91 Å². The highest BCUT2D eigenvalue weighted by Crippen LogP contribution is 2.40. The minimum Gasteiger partial charge on any atom is -0.342 e. The molecule has 0 unspecified atom stereocenters. The lowest BCUT2D eigenvalue weighted by Gasteiger charge is -2.30. The van der Waals surface area contributed by atoms with Gasteiger partial charge >= 0.3 is 0 Å². The smallest absolute Gasteiger partial charge is 0.267 e. The Morgan fingerprint density at radius 2 is 1.85 bits per heavy atom. The van der Waals surface area contributed by atoms with Crippen molar-refractivity contribution < 1.29 is 9.18 Å². The maximum atomic E-state index is 14.5. The lowest BCUT2D eigenvalue weighted by atomic mass is 9.94. The number of nitrogens with zero attached hydrogens (tertiary/aromatic N) is 3. The standard InChI is InChI=1S/C33H31BrFN3OS/c1-21-9-8-14-29(22(21)2)36-33-38(26-11-4-3-5-12-26)32(39)31(40-33)17-24-20-37(19-23-10-6-7-13-28(23)35)30-16-15-25(34)18-27(24)30/h6-10,13-18,20,26H,3-5,11-12,19H2,1-2H3. The minimum absolute atomic E-state index is 0.0194. The summed E-state index contributed by atoms with van der Waals surface area (Å²) in [5, 5.41) is 1.77. The third-order valence-electron chi connectivity index (χ3n) is 8.03. The first-order valence-corrected chi connectivity index (χ1v) is 15.4. The van der Waals surface area contributed by atoms with Gasteiger partial charge in [0.05, 0.1) is 17.1 Å². The van der Waals surface area contributed by atoms with Crippen molar-refractivity contribution in [3.8, 4) is 0 Å². The van der Waals surface area contributed by atoms with E-state index in [0.29, 0.717) is 17.0 Å². The second-order valence-electron chi connectivity index (χ2n) is 10.7. The molecule has 6 rings (SSSR count). The Kier molecular flexibility index (Phi) is 7.69. The molecule has 40 heavy (non-hydrogen) atoms. The average Bonchev–Trinajstić information content (AvgIpc) is 3.44. The van der Waals surface area contributed by atoms with Gasteiger partial charge in [0.2, 0.25) is 0 Å². The van der Waals surface area contributed by atoms with Crippen LogP contribution in [0.1, 0.15) is 54.4 Å². The van der Waals surface area contributed by atoms with Gasteiger partial charge in [-0.1, -0.05) is 65.5 Å². The maximum absolute atomic E-state index is 14.5. The van der Waals surface area contributed by atoms with Crippen LogP contribution in [-0.4, -0.2) is 26.6 Å². The predicted molar refractivity (Wildman–Crippen MR) is 167 cm³/mol. The van der Waals surface area contributed by atoms with Crippen LogP contribution in [-0.2, 0) is 11.3 Å². The second kappa shape index (κ2) is 11.4. The largest absolute Gasteiger partial charge is 0.342 e. The number of aliphatic imine (C=N–C) groups is 1. The second-order valence-corrected chi connectivity index (χ2v) is 12.6. The fourth-order valence-electron chi connectivity index (χ4n) is 5.68. The monoisotopic (exact) mass is 615 g/mol. The molecule has 1 aliphatic heterocycles. The normalized spacial score (nSPS) is 18.5. The van der Waals surface area contributed by atoms with Crippen LogP contribution in [0.15, 0.2) is 81.2 Å². The van der Waals surface area contributed by atoms with Crippen LogP contribution < -0.4 is 0 Å². The van der Waals surface area contributed by atoms with Crippen LogP contribution >= 0.6 is 27.7 Å². The molecule has 7 heteroatoms. The zero-order chi connectivity index (χ0) is 27.8. The van der Waals surface area contributed by atoms with Gasteiger partial charge in [-0.3, -0.25) is 9.69 Å². The van der Waals surface area contributed by atoms with Gasteiger partial charge in [-0.25, -0.2) is 9.38 Å². The zero-order valence-electron chi connectivity index (χ0n) is 22.7. The molecule has 0 atom stereocenters. The van der Waals surface area contributed by atoms with Gasteiger partial charge in [0.15, 0.2) is 5.17 Å². The van der Waals surface area contributed by atoms with Crippen LogP contribution in [0.5, 0.6) is 0 Å². The lowest BCUT2D eigenvalue weighted by Crippen LogP contribution is -2.40. The Balaban J connectivity index is 1.43. The van der Waals surface area contributed by atoms with Gasteiger partial charge in [-0.2, -0.15) is 0 Å². The number of amides is 1. The van der Waals surface area contributed by atoms with Crippen LogP contribution in [0, 0.1) is 19.7 Å². The Morgan fingerprint density at radius 1 is 1.05 bits per heavy atom. The van der Waals surface area contributed by atoms with Crippen molar-refractivity contribution in [1.82, 2.24) is 9.47 Å². The Labute approximate surface area is 247 Å². The number of aryl methyl sites for hydroxylation is 1. The number of rotatable bonds is 5. The third-order valence-corrected chi connectivity index (χ3v) is 9.50. The number of thioether (sulfide) groups is 1. The van der Waals surface area contributed by atoms with Gasteiger partial charge < -0.3 is 4.57 Å². The van der Waals surface area contributed by atoms with E-state index in [1.165, 1.54) is 29.8 Å². The molecule has 2 heterocycles.